The average molecular weight is 1240 g/mol. The van der Waals surface area contributed by atoms with Crippen LogP contribution in [-0.2, 0) is 65.7 Å². The monoisotopic (exact) mass is 1240 g/mol. The standard InChI is InChI=1S/C33H45IN14O20P4S/c1-14-19(73-13-46(34-14)7-16-6-38-15(2)43-26(16)35)4-5-61-70(54,55)67-72(58,59)68-71(56,57)63-9-18-24(25(60-3)32(65-18)47-11-41-20-27(36)39-10-40-28(20)47)66-69(52,53)62-8-17-22(49)23(50)31(64-17)48-12-42-21-29(48)44-33(37)45-30(21)51/h6,10-13,17-18,22-25,31-32,49-50H,4-5,7-9H2,1-3H3,(H,52,53)(H,54,55)(H,56,57)(H,58,59)(H2,35,38,43)(H2,36,39,40)(H3,37,44,45,51). The quantitative estimate of drug-likeness (QED) is 0.0197. The first-order chi connectivity index (χ1) is 34.3. The topological polar surface area (TPSA) is 487 Å². The fourth-order valence-electron chi connectivity index (χ4n) is 7.35. The summed E-state index contributed by atoms with van der Waals surface area (Å²) in [6.45, 7) is 1.41. The fraction of sp³-hybridized carbons (Fsp3) is 0.485. The van der Waals surface area contributed by atoms with E-state index in [4.69, 9.17) is 49.5 Å². The minimum atomic E-state index is -5.99. The summed E-state index contributed by atoms with van der Waals surface area (Å²) in [6, 6.07) is 0. The first-order valence-corrected chi connectivity index (χ1v) is 29.6. The molecule has 12 atom stereocenters. The molecular weight excluding hydrogens is 1200 g/mol. The van der Waals surface area contributed by atoms with Gasteiger partial charge in [0.2, 0.25) is 5.95 Å². The van der Waals surface area contributed by atoms with Gasteiger partial charge in [-0.25, -0.2) is 24.5 Å². The Morgan fingerprint density at radius 3 is 2.15 bits per heavy atom. The number of nitrogens with two attached hydrogens (primary N) is 3. The van der Waals surface area contributed by atoms with E-state index in [0.29, 0.717) is 18.2 Å². The number of hydrogen-bond donors (Lipinski definition) is 10. The number of hydrogen-bond acceptors (Lipinski definition) is 27. The largest absolute Gasteiger partial charge is 0.382 e. The van der Waals surface area contributed by atoms with Crippen LogP contribution >= 0.6 is 43.1 Å². The molecule has 0 aromatic carbocycles. The Kier molecular flexibility index (Phi) is 16.7. The van der Waals surface area contributed by atoms with Crippen molar-refractivity contribution in [2.24, 2.45) is 0 Å². The molecular formula is C33H45IN14O20P4S. The summed E-state index contributed by atoms with van der Waals surface area (Å²) in [5.74, 6) is 0.539. The molecule has 0 saturated carbocycles. The summed E-state index contributed by atoms with van der Waals surface area (Å²) < 4.78 is 104. The second kappa shape index (κ2) is 22.0. The average Bonchev–Trinajstić information content (AvgIpc) is 4.07. The van der Waals surface area contributed by atoms with Crippen molar-refractivity contribution in [3.05, 3.63) is 55.4 Å². The number of H-pyrrole nitrogens is 1. The molecule has 0 spiro atoms. The van der Waals surface area contributed by atoms with Crippen LogP contribution in [0.15, 0.2) is 38.5 Å². The third-order valence-electron chi connectivity index (χ3n) is 10.6. The summed E-state index contributed by atoms with van der Waals surface area (Å²) in [5.41, 5.74) is 19.3. The molecule has 3 aliphatic rings. The number of thioether (sulfide) groups is 1. The Hall–Kier alpha value is -3.81. The van der Waals surface area contributed by atoms with Gasteiger partial charge in [-0.2, -0.15) is 4.98 Å². The number of methoxy groups -OCH3 is 1. The predicted octanol–water partition coefficient (Wildman–Crippen LogP) is -3.18. The van der Waals surface area contributed by atoms with Crippen LogP contribution < -0.4 is 44.2 Å². The molecule has 3 aliphatic heterocycles. The smallest absolute Gasteiger partial charge is 0.167 e. The first-order valence-electron chi connectivity index (χ1n) is 20.7. The van der Waals surface area contributed by atoms with Gasteiger partial charge >= 0.3 is 207 Å². The molecule has 8 rings (SSSR count). The molecule has 0 aliphatic carbocycles. The molecule has 34 nitrogen and oxygen atoms in total. The van der Waals surface area contributed by atoms with Crippen LogP contribution in [0.25, 0.3) is 22.3 Å². The van der Waals surface area contributed by atoms with Crippen LogP contribution in [0.1, 0.15) is 37.2 Å². The maximum absolute atomic E-state index is 13.7. The van der Waals surface area contributed by atoms with E-state index in [2.05, 4.69) is 48.5 Å². The number of nitrogen functional groups attached to an aromatic ring is 3. The second-order valence-corrected chi connectivity index (χ2v) is 25.9. The number of allylic oxidation sites excluding steroid dienone is 1. The number of aliphatic hydroxyl groups excluding tert-OH is 2. The predicted molar refractivity (Wildman–Crippen MR) is 243 cm³/mol. The Labute approximate surface area is 424 Å². The molecule has 73 heavy (non-hydrogen) atoms. The number of rotatable bonds is 21. The Morgan fingerprint density at radius 2 is 1.45 bits per heavy atom. The maximum atomic E-state index is 13.7. The van der Waals surface area contributed by atoms with Gasteiger partial charge in [0.1, 0.15) is 48.5 Å². The summed E-state index contributed by atoms with van der Waals surface area (Å²) in [5, 5.41) is 21.7. The van der Waals surface area contributed by atoms with E-state index < -0.39 is 127 Å². The molecule has 2 fully saturated rings. The summed E-state index contributed by atoms with van der Waals surface area (Å²) in [6.07, 6.45) is -7.97. The number of phosphoric acid groups is 4. The van der Waals surface area contributed by atoms with Gasteiger partial charge in [-0.15, -0.1) is 0 Å². The van der Waals surface area contributed by atoms with Crippen molar-refractivity contribution >= 4 is 88.5 Å². The Morgan fingerprint density at radius 1 is 0.795 bits per heavy atom. The van der Waals surface area contributed by atoms with Gasteiger partial charge in [0.05, 0.1) is 19.3 Å². The molecule has 40 heteroatoms. The van der Waals surface area contributed by atoms with Gasteiger partial charge < -0.3 is 40.8 Å². The third-order valence-corrected chi connectivity index (χ3v) is 20.4. The third kappa shape index (κ3) is 12.9. The van der Waals surface area contributed by atoms with E-state index >= 15 is 0 Å². The minimum Gasteiger partial charge on any atom is -0.382 e. The van der Waals surface area contributed by atoms with Crippen LogP contribution in [-0.4, -0.2) is 151 Å². The van der Waals surface area contributed by atoms with Crippen LogP contribution in [0.4, 0.5) is 17.6 Å². The normalized spacial score (nSPS) is 27.1. The number of aromatic amines is 1. The summed E-state index contributed by atoms with van der Waals surface area (Å²) in [4.78, 5) is 86.0. The van der Waals surface area contributed by atoms with Crippen molar-refractivity contribution in [2.45, 2.75) is 75.9 Å². The van der Waals surface area contributed by atoms with E-state index in [1.165, 1.54) is 22.7 Å². The Balaban J connectivity index is 0.903. The molecule has 12 unspecified atom stereocenters. The number of nitrogens with one attached hydrogen (secondary N) is 1. The van der Waals surface area contributed by atoms with Crippen molar-refractivity contribution in [2.75, 3.05) is 44.1 Å². The second-order valence-electron chi connectivity index (χ2n) is 15.6. The van der Waals surface area contributed by atoms with Crippen molar-refractivity contribution in [3.8, 4) is 0 Å². The van der Waals surface area contributed by atoms with E-state index in [9.17, 15) is 52.8 Å². The van der Waals surface area contributed by atoms with E-state index in [0.717, 1.165) is 38.4 Å². The molecule has 5 aromatic rings. The zero-order valence-corrected chi connectivity index (χ0v) is 44.3. The number of imidazole rings is 2. The number of nitrogens with zero attached hydrogens (tertiary/aromatic N) is 10. The van der Waals surface area contributed by atoms with Crippen molar-refractivity contribution in [1.29, 1.82) is 0 Å². The van der Waals surface area contributed by atoms with Gasteiger partial charge in [-0.3, -0.25) is 28.0 Å². The van der Waals surface area contributed by atoms with Crippen molar-refractivity contribution < 1.29 is 113 Å². The van der Waals surface area contributed by atoms with Gasteiger partial charge in [-0.1, -0.05) is 0 Å². The minimum absolute atomic E-state index is 0.0497. The molecule has 400 valence electrons. The number of aryl methyl sites for hydroxylation is 1. The number of aromatic nitrogens is 10. The zero-order chi connectivity index (χ0) is 52.8. The van der Waals surface area contributed by atoms with E-state index in [1.807, 2.05) is 15.3 Å². The van der Waals surface area contributed by atoms with Crippen molar-refractivity contribution in [3.63, 3.8) is 0 Å². The zero-order valence-electron chi connectivity index (χ0n) is 37.7. The number of aliphatic hydroxyl groups is 2. The molecule has 8 heterocycles. The fourth-order valence-corrected chi connectivity index (χ4v) is 15.8. The SMILES string of the molecule is COC1C(OP(=O)(O)OCC2OC(n3cnc4c(=O)[nH]c(N)nc43)C(O)C2O)C(COP(=O)(O)OP(=O)(O)OP(=O)(O)OCCC2=C(C)[I-][N+](Cc3cnc(C)nc3N)=CS2)OC1n1cnc2c(N)ncnc21. The van der Waals surface area contributed by atoms with Crippen LogP contribution in [0.3, 0.4) is 0 Å². The molecule has 2 saturated heterocycles. The Bertz CT molecular complexity index is 3220. The molecule has 13 N–H and O–H groups in total. The molecule has 0 bridgehead atoms. The van der Waals surface area contributed by atoms with E-state index in [1.54, 1.807) is 13.1 Å². The van der Waals surface area contributed by atoms with Gasteiger partial charge in [0, 0.05) is 7.11 Å². The van der Waals surface area contributed by atoms with E-state index in [-0.39, 0.29) is 40.5 Å². The van der Waals surface area contributed by atoms with Gasteiger partial charge in [0.25, 0.3) is 5.56 Å². The number of anilines is 3. The first kappa shape index (κ1) is 55.4. The van der Waals surface area contributed by atoms with Crippen LogP contribution in [0.2, 0.25) is 0 Å². The number of phosphoric ester groups is 3. The van der Waals surface area contributed by atoms with Gasteiger partial charge in [-0.05, 0) is 0 Å². The van der Waals surface area contributed by atoms with Crippen molar-refractivity contribution in [1.82, 2.24) is 49.0 Å². The van der Waals surface area contributed by atoms with Crippen LogP contribution in [0, 0.1) is 6.92 Å². The number of ether oxygens (including phenoxy) is 3. The van der Waals surface area contributed by atoms with Gasteiger partial charge in [0.15, 0.2) is 35.1 Å². The summed E-state index contributed by atoms with van der Waals surface area (Å²) >= 11 is 0.586. The maximum Gasteiger partial charge on any atom is 0.167 e. The molecule has 5 aromatic heterocycles. The molecule has 0 amide bonds. The summed E-state index contributed by atoms with van der Waals surface area (Å²) in [7, 11) is -21.5. The van der Waals surface area contributed by atoms with Crippen LogP contribution in [0.5, 0.6) is 0 Å². The number of halogens is 1. The molecule has 0 radical (unpaired) electrons. The number of fused-ring (bicyclic) bond motifs is 2.